The number of hydrogen-bond acceptors (Lipinski definition) is 7. The number of hydrogen-bond donors (Lipinski definition) is 1. The first-order chi connectivity index (χ1) is 23.3. The number of anilines is 2. The van der Waals surface area contributed by atoms with Crippen LogP contribution in [0.2, 0.25) is 0 Å². The molecule has 2 aliphatic rings. The second-order valence-electron chi connectivity index (χ2n) is 14.5. The minimum Gasteiger partial charge on any atom is -0.494 e. The van der Waals surface area contributed by atoms with E-state index in [1.165, 1.54) is 15.8 Å². The summed E-state index contributed by atoms with van der Waals surface area (Å²) in [4.78, 5) is 20.2. The number of nitrogens with zero attached hydrogens (tertiary/aromatic N) is 3. The predicted molar refractivity (Wildman–Crippen MR) is 201 cm³/mol. The minimum atomic E-state index is -0.873. The molecule has 2 aliphatic heterocycles. The summed E-state index contributed by atoms with van der Waals surface area (Å²) in [6.07, 6.45) is 10.3. The Morgan fingerprint density at radius 3 is 2.38 bits per heavy atom. The van der Waals surface area contributed by atoms with Crippen LogP contribution in [-0.4, -0.2) is 68.3 Å². The van der Waals surface area contributed by atoms with Gasteiger partial charge in [-0.05, 0) is 67.4 Å². The van der Waals surface area contributed by atoms with Gasteiger partial charge in [-0.3, -0.25) is 14.6 Å². The molecule has 0 radical (unpaired) electrons. The first-order valence-electron chi connectivity index (χ1n) is 18.6. The van der Waals surface area contributed by atoms with Crippen molar-refractivity contribution in [3.8, 4) is 5.75 Å². The van der Waals surface area contributed by atoms with Gasteiger partial charge in [0, 0.05) is 65.8 Å². The van der Waals surface area contributed by atoms with Crippen LogP contribution in [0.1, 0.15) is 104 Å². The lowest BCUT2D eigenvalue weighted by atomic mass is 9.77. The number of carbonyl (C=O) groups is 1. The van der Waals surface area contributed by atoms with E-state index >= 15 is 0 Å². The van der Waals surface area contributed by atoms with Gasteiger partial charge in [-0.25, -0.2) is 0 Å². The van der Waals surface area contributed by atoms with Crippen LogP contribution in [0.5, 0.6) is 5.75 Å². The highest BCUT2D eigenvalue weighted by atomic mass is 32.1. The Labute approximate surface area is 293 Å². The fraction of sp³-hybridized carbons (Fsp3) is 0.625. The third-order valence-electron chi connectivity index (χ3n) is 10.3. The van der Waals surface area contributed by atoms with Crippen molar-refractivity contribution in [2.45, 2.75) is 110 Å². The summed E-state index contributed by atoms with van der Waals surface area (Å²) in [5, 5.41) is 14.7. The third-order valence-corrected chi connectivity index (χ3v) is 11.2. The fourth-order valence-electron chi connectivity index (χ4n) is 7.36. The second kappa shape index (κ2) is 17.8. The van der Waals surface area contributed by atoms with Crippen molar-refractivity contribution in [2.75, 3.05) is 55.9 Å². The molecule has 0 saturated carbocycles. The van der Waals surface area contributed by atoms with Crippen molar-refractivity contribution >= 4 is 38.7 Å². The maximum Gasteiger partial charge on any atom is 0.229 e. The summed E-state index contributed by atoms with van der Waals surface area (Å²) in [5.74, 6) is 0.897. The molecule has 1 fully saturated rings. The molecule has 5 rings (SSSR count). The normalized spacial score (nSPS) is 17.3. The molecule has 1 saturated heterocycles. The number of benzene rings is 2. The van der Waals surface area contributed by atoms with E-state index in [2.05, 4.69) is 73.2 Å². The molecule has 0 spiro atoms. The molecule has 1 N–H and O–H groups in total. The second-order valence-corrected chi connectivity index (χ2v) is 15.4. The van der Waals surface area contributed by atoms with E-state index in [1.54, 1.807) is 4.90 Å². The van der Waals surface area contributed by atoms with Crippen LogP contribution in [0.3, 0.4) is 0 Å². The molecule has 1 amide bonds. The van der Waals surface area contributed by atoms with E-state index in [1.807, 2.05) is 23.5 Å². The maximum absolute atomic E-state index is 13.4. The highest BCUT2D eigenvalue weighted by Gasteiger charge is 2.37. The third kappa shape index (κ3) is 9.52. The Morgan fingerprint density at radius 2 is 1.65 bits per heavy atom. The number of ether oxygens (including phenoxy) is 2. The van der Waals surface area contributed by atoms with E-state index in [4.69, 9.17) is 9.47 Å². The highest BCUT2D eigenvalue weighted by Crippen LogP contribution is 2.42. The lowest BCUT2D eigenvalue weighted by Crippen LogP contribution is -2.46. The largest absolute Gasteiger partial charge is 0.494 e. The average Bonchev–Trinajstić information content (AvgIpc) is 3.57. The molecule has 1 aromatic heterocycles. The van der Waals surface area contributed by atoms with Gasteiger partial charge in [-0.15, -0.1) is 11.3 Å². The number of fused-ring (bicyclic) bond motifs is 2. The lowest BCUT2D eigenvalue weighted by molar-refractivity contribution is -0.143. The standard InChI is InChI=1S/C40H59N3O4S/c1-5-7-9-14-31(15-10-8-6-2)39(45)47-30-43-36-28-32(18-19-34(36)40(3,4)29-38(43)44)46-26-12-11-21-41-22-24-42(25-23-41)35-16-13-17-37-33(35)20-27-48-37/h13,16-20,27-28,31,39,45H,5-12,14-15,21-26,29-30H2,1-4H3. The van der Waals surface area contributed by atoms with Gasteiger partial charge in [0.1, 0.15) is 12.5 Å². The molecule has 0 aliphatic carbocycles. The van der Waals surface area contributed by atoms with E-state index in [0.29, 0.717) is 13.0 Å². The van der Waals surface area contributed by atoms with Crippen molar-refractivity contribution < 1.29 is 19.4 Å². The number of thiophene rings is 1. The summed E-state index contributed by atoms with van der Waals surface area (Å²) >= 11 is 1.81. The molecule has 0 bridgehead atoms. The molecule has 264 valence electrons. The predicted octanol–water partition coefficient (Wildman–Crippen LogP) is 8.97. The van der Waals surface area contributed by atoms with Gasteiger partial charge in [0.05, 0.1) is 12.3 Å². The van der Waals surface area contributed by atoms with Crippen molar-refractivity contribution in [1.29, 1.82) is 0 Å². The number of carbonyl (C=O) groups excluding carboxylic acids is 1. The zero-order valence-electron chi connectivity index (χ0n) is 29.9. The van der Waals surface area contributed by atoms with Crippen LogP contribution >= 0.6 is 11.3 Å². The van der Waals surface area contributed by atoms with E-state index < -0.39 is 6.29 Å². The zero-order chi connectivity index (χ0) is 33.9. The molecule has 3 heterocycles. The summed E-state index contributed by atoms with van der Waals surface area (Å²) in [7, 11) is 0. The van der Waals surface area contributed by atoms with Crippen LogP contribution in [-0.2, 0) is 14.9 Å². The van der Waals surface area contributed by atoms with Crippen LogP contribution in [0.4, 0.5) is 11.4 Å². The van der Waals surface area contributed by atoms with E-state index in [0.717, 1.165) is 114 Å². The van der Waals surface area contributed by atoms with Gasteiger partial charge >= 0.3 is 0 Å². The molecule has 1 unspecified atom stereocenters. The van der Waals surface area contributed by atoms with Gasteiger partial charge in [-0.1, -0.05) is 78.4 Å². The molecule has 1 atom stereocenters. The molecule has 7 nitrogen and oxygen atoms in total. The summed E-state index contributed by atoms with van der Waals surface area (Å²) in [6.45, 7) is 14.7. The Balaban J connectivity index is 1.10. The maximum atomic E-state index is 13.4. The number of rotatable bonds is 19. The monoisotopic (exact) mass is 677 g/mol. The topological polar surface area (TPSA) is 65.5 Å². The number of aliphatic hydroxyl groups is 1. The summed E-state index contributed by atoms with van der Waals surface area (Å²) in [5.41, 5.74) is 3.05. The summed E-state index contributed by atoms with van der Waals surface area (Å²) in [6, 6.07) is 15.0. The van der Waals surface area contributed by atoms with Crippen LogP contribution < -0.4 is 14.5 Å². The van der Waals surface area contributed by atoms with Gasteiger partial charge in [0.15, 0.2) is 6.29 Å². The molecule has 2 aromatic carbocycles. The van der Waals surface area contributed by atoms with Gasteiger partial charge in [-0.2, -0.15) is 0 Å². The van der Waals surface area contributed by atoms with E-state index in [-0.39, 0.29) is 24.0 Å². The average molecular weight is 678 g/mol. The number of aliphatic hydroxyl groups excluding tert-OH is 1. The smallest absolute Gasteiger partial charge is 0.229 e. The van der Waals surface area contributed by atoms with E-state index in [9.17, 15) is 9.90 Å². The van der Waals surface area contributed by atoms with Crippen molar-refractivity contribution in [1.82, 2.24) is 4.90 Å². The Morgan fingerprint density at radius 1 is 0.896 bits per heavy atom. The van der Waals surface area contributed by atoms with Crippen LogP contribution in [0.25, 0.3) is 10.1 Å². The molecule has 8 heteroatoms. The lowest BCUT2D eigenvalue weighted by Gasteiger charge is -2.39. The first kappa shape index (κ1) is 36.6. The molecule has 48 heavy (non-hydrogen) atoms. The van der Waals surface area contributed by atoms with Gasteiger partial charge in [0.25, 0.3) is 0 Å². The number of amides is 1. The van der Waals surface area contributed by atoms with Crippen LogP contribution in [0, 0.1) is 5.92 Å². The minimum absolute atomic E-state index is 0.0254. The molecular weight excluding hydrogens is 619 g/mol. The Hall–Kier alpha value is -2.65. The first-order valence-corrected chi connectivity index (χ1v) is 19.5. The quantitative estimate of drug-likeness (QED) is 0.101. The zero-order valence-corrected chi connectivity index (χ0v) is 30.7. The highest BCUT2D eigenvalue weighted by molar-refractivity contribution is 7.17. The number of unbranched alkanes of at least 4 members (excludes halogenated alkanes) is 5. The SMILES string of the molecule is CCCCCC(CCCCC)C(O)OCN1C(=O)CC(C)(C)c2ccc(OCCCCN3CCN(c4cccc5sccc45)CC3)cc21. The van der Waals surface area contributed by atoms with Gasteiger partial charge < -0.3 is 19.5 Å². The van der Waals surface area contributed by atoms with Crippen molar-refractivity contribution in [3.05, 3.63) is 53.4 Å². The fourth-order valence-corrected chi connectivity index (χ4v) is 8.17. The van der Waals surface area contributed by atoms with Crippen molar-refractivity contribution in [3.63, 3.8) is 0 Å². The molecule has 3 aromatic rings. The Bertz CT molecular complexity index is 1420. The molecular formula is C40H59N3O4S. The van der Waals surface area contributed by atoms with Gasteiger partial charge in [0.2, 0.25) is 5.91 Å². The van der Waals surface area contributed by atoms with Crippen LogP contribution in [0.15, 0.2) is 47.8 Å². The number of piperazine rings is 1. The van der Waals surface area contributed by atoms with Crippen molar-refractivity contribution in [2.24, 2.45) is 5.92 Å². The Kier molecular flexibility index (Phi) is 13.6. The summed E-state index contributed by atoms with van der Waals surface area (Å²) < 4.78 is 13.7.